The van der Waals surface area contributed by atoms with Crippen molar-refractivity contribution in [2.24, 2.45) is 0 Å². The Bertz CT molecular complexity index is 661. The highest BCUT2D eigenvalue weighted by Gasteiger charge is 2.05. The van der Waals surface area contributed by atoms with Crippen LogP contribution in [-0.4, -0.2) is 11.8 Å². The molecule has 120 valence electrons. The van der Waals surface area contributed by atoms with Gasteiger partial charge in [0.2, 0.25) is 5.91 Å². The molecule has 0 aromatic heterocycles. The average Bonchev–Trinajstić information content (AvgIpc) is 2.54. The lowest BCUT2D eigenvalue weighted by Crippen LogP contribution is -2.22. The molecule has 4 heteroatoms. The summed E-state index contributed by atoms with van der Waals surface area (Å²) in [5, 5.41) is 5.57. The molecule has 0 aliphatic rings. The number of anilines is 1. The van der Waals surface area contributed by atoms with Gasteiger partial charge in [0.25, 0.3) is 5.91 Å². The molecule has 0 saturated heterocycles. The molecule has 0 bridgehead atoms. The lowest BCUT2D eigenvalue weighted by atomic mass is 10.1. The van der Waals surface area contributed by atoms with E-state index in [1.165, 1.54) is 12.5 Å². The van der Waals surface area contributed by atoms with E-state index in [9.17, 15) is 9.59 Å². The topological polar surface area (TPSA) is 58.2 Å². The van der Waals surface area contributed by atoms with Gasteiger partial charge in [-0.05, 0) is 41.8 Å². The van der Waals surface area contributed by atoms with E-state index in [0.29, 0.717) is 17.8 Å². The summed E-state index contributed by atoms with van der Waals surface area (Å²) < 4.78 is 0. The number of carbonyl (C=O) groups is 2. The molecule has 2 rings (SSSR count). The van der Waals surface area contributed by atoms with Gasteiger partial charge >= 0.3 is 0 Å². The van der Waals surface area contributed by atoms with Crippen molar-refractivity contribution in [3.8, 4) is 0 Å². The van der Waals surface area contributed by atoms with Gasteiger partial charge in [0.05, 0.1) is 0 Å². The maximum absolute atomic E-state index is 12.1. The van der Waals surface area contributed by atoms with E-state index in [4.69, 9.17) is 0 Å². The second-order valence-electron chi connectivity index (χ2n) is 5.51. The summed E-state index contributed by atoms with van der Waals surface area (Å²) in [6.45, 7) is 4.11. The van der Waals surface area contributed by atoms with Gasteiger partial charge in [-0.15, -0.1) is 0 Å². The third-order valence-corrected chi connectivity index (χ3v) is 3.48. The molecule has 0 fully saturated rings. The van der Waals surface area contributed by atoms with Crippen LogP contribution in [0.15, 0.2) is 48.5 Å². The van der Waals surface area contributed by atoms with E-state index in [2.05, 4.69) is 29.7 Å². The van der Waals surface area contributed by atoms with Crippen molar-refractivity contribution in [1.82, 2.24) is 5.32 Å². The quantitative estimate of drug-likeness (QED) is 0.857. The zero-order valence-corrected chi connectivity index (χ0v) is 13.6. The minimum absolute atomic E-state index is 0.128. The van der Waals surface area contributed by atoms with Crippen molar-refractivity contribution in [1.29, 1.82) is 0 Å². The molecule has 0 atom stereocenters. The smallest absolute Gasteiger partial charge is 0.251 e. The van der Waals surface area contributed by atoms with Gasteiger partial charge in [-0.25, -0.2) is 0 Å². The van der Waals surface area contributed by atoms with E-state index in [-0.39, 0.29) is 11.8 Å². The van der Waals surface area contributed by atoms with Gasteiger partial charge in [-0.3, -0.25) is 9.59 Å². The van der Waals surface area contributed by atoms with Crippen LogP contribution in [0.5, 0.6) is 0 Å². The second kappa shape index (κ2) is 8.13. The summed E-state index contributed by atoms with van der Waals surface area (Å²) in [5.41, 5.74) is 3.64. The first kappa shape index (κ1) is 16.7. The Labute approximate surface area is 136 Å². The molecule has 4 nitrogen and oxygen atoms in total. The maximum atomic E-state index is 12.1. The fourth-order valence-corrected chi connectivity index (χ4v) is 2.31. The number of rotatable bonds is 6. The van der Waals surface area contributed by atoms with Crippen molar-refractivity contribution in [2.45, 2.75) is 33.2 Å². The summed E-state index contributed by atoms with van der Waals surface area (Å²) in [6.07, 6.45) is 2.21. The Hall–Kier alpha value is -2.62. The molecule has 23 heavy (non-hydrogen) atoms. The molecule has 2 aromatic carbocycles. The first-order valence-electron chi connectivity index (χ1n) is 7.82. The van der Waals surface area contributed by atoms with Crippen molar-refractivity contribution in [3.63, 3.8) is 0 Å². The molecule has 2 N–H and O–H groups in total. The highest BCUT2D eigenvalue weighted by Crippen LogP contribution is 2.10. The van der Waals surface area contributed by atoms with Crippen molar-refractivity contribution < 1.29 is 9.59 Å². The number of nitrogens with one attached hydrogen (secondary N) is 2. The molecule has 0 saturated carbocycles. The predicted octanol–water partition coefficient (Wildman–Crippen LogP) is 3.53. The van der Waals surface area contributed by atoms with Gasteiger partial charge < -0.3 is 10.6 Å². The van der Waals surface area contributed by atoms with Gasteiger partial charge in [0.15, 0.2) is 0 Å². The molecule has 0 heterocycles. The zero-order valence-electron chi connectivity index (χ0n) is 13.6. The predicted molar refractivity (Wildman–Crippen MR) is 92.4 cm³/mol. The fourth-order valence-electron chi connectivity index (χ4n) is 2.31. The van der Waals surface area contributed by atoms with E-state index >= 15 is 0 Å². The molecular weight excluding hydrogens is 288 g/mol. The molecule has 0 aliphatic carbocycles. The van der Waals surface area contributed by atoms with Crippen molar-refractivity contribution in [2.75, 3.05) is 5.32 Å². The van der Waals surface area contributed by atoms with Gasteiger partial charge in [0, 0.05) is 24.7 Å². The van der Waals surface area contributed by atoms with Gasteiger partial charge in [0.1, 0.15) is 0 Å². The summed E-state index contributed by atoms with van der Waals surface area (Å²) in [6, 6.07) is 15.1. The monoisotopic (exact) mass is 310 g/mol. The van der Waals surface area contributed by atoms with Crippen LogP contribution < -0.4 is 10.6 Å². The van der Waals surface area contributed by atoms with Crippen LogP contribution in [0.2, 0.25) is 0 Å². The van der Waals surface area contributed by atoms with Crippen LogP contribution in [0.25, 0.3) is 0 Å². The maximum Gasteiger partial charge on any atom is 0.251 e. The van der Waals surface area contributed by atoms with Crippen LogP contribution >= 0.6 is 0 Å². The Kier molecular flexibility index (Phi) is 5.92. The number of hydrogen-bond acceptors (Lipinski definition) is 2. The standard InChI is InChI=1S/C19H22N2O2/c1-3-4-15-5-7-16(8-6-15)13-20-19(23)17-9-11-18(12-10-17)21-14(2)22/h5-12H,3-4,13H2,1-2H3,(H,20,23)(H,21,22). The largest absolute Gasteiger partial charge is 0.348 e. The number of hydrogen-bond donors (Lipinski definition) is 2. The van der Waals surface area contributed by atoms with Gasteiger partial charge in [-0.2, -0.15) is 0 Å². The Morgan fingerprint density at radius 1 is 0.913 bits per heavy atom. The molecule has 2 amide bonds. The summed E-state index contributed by atoms with van der Waals surface area (Å²) in [5.74, 6) is -0.259. The number of benzene rings is 2. The third kappa shape index (κ3) is 5.25. The first-order valence-corrected chi connectivity index (χ1v) is 7.82. The normalized spacial score (nSPS) is 10.2. The SMILES string of the molecule is CCCc1ccc(CNC(=O)c2ccc(NC(C)=O)cc2)cc1. The van der Waals surface area contributed by atoms with E-state index < -0.39 is 0 Å². The van der Waals surface area contributed by atoms with Crippen LogP contribution in [-0.2, 0) is 17.8 Å². The highest BCUT2D eigenvalue weighted by atomic mass is 16.2. The number of carbonyl (C=O) groups excluding carboxylic acids is 2. The fraction of sp³-hybridized carbons (Fsp3) is 0.263. The lowest BCUT2D eigenvalue weighted by Gasteiger charge is -2.07. The summed E-state index contributed by atoms with van der Waals surface area (Å²) in [4.78, 5) is 23.1. The number of amides is 2. The van der Waals surface area contributed by atoms with Crippen LogP contribution in [0.1, 0.15) is 41.8 Å². The van der Waals surface area contributed by atoms with E-state index in [0.717, 1.165) is 18.4 Å². The minimum atomic E-state index is -0.131. The van der Waals surface area contributed by atoms with Crippen LogP contribution in [0.3, 0.4) is 0 Å². The minimum Gasteiger partial charge on any atom is -0.348 e. The molecule has 0 aliphatic heterocycles. The van der Waals surface area contributed by atoms with E-state index in [1.807, 2.05) is 12.1 Å². The second-order valence-corrected chi connectivity index (χ2v) is 5.51. The highest BCUT2D eigenvalue weighted by molar-refractivity contribution is 5.95. The van der Waals surface area contributed by atoms with Crippen LogP contribution in [0.4, 0.5) is 5.69 Å². The Morgan fingerprint density at radius 3 is 2.09 bits per heavy atom. The molecular formula is C19H22N2O2. The molecule has 0 spiro atoms. The number of aryl methyl sites for hydroxylation is 1. The van der Waals surface area contributed by atoms with Crippen molar-refractivity contribution >= 4 is 17.5 Å². The first-order chi connectivity index (χ1) is 11.1. The molecule has 2 aromatic rings. The zero-order chi connectivity index (χ0) is 16.7. The molecule has 0 unspecified atom stereocenters. The Balaban J connectivity index is 1.90. The van der Waals surface area contributed by atoms with Crippen LogP contribution in [0, 0.1) is 0 Å². The summed E-state index contributed by atoms with van der Waals surface area (Å²) >= 11 is 0. The molecule has 0 radical (unpaired) electrons. The van der Waals surface area contributed by atoms with E-state index in [1.54, 1.807) is 24.3 Å². The third-order valence-electron chi connectivity index (χ3n) is 3.48. The summed E-state index contributed by atoms with van der Waals surface area (Å²) in [7, 11) is 0. The Morgan fingerprint density at radius 2 is 1.52 bits per heavy atom. The van der Waals surface area contributed by atoms with Gasteiger partial charge in [-0.1, -0.05) is 37.6 Å². The van der Waals surface area contributed by atoms with Crippen molar-refractivity contribution in [3.05, 3.63) is 65.2 Å². The lowest BCUT2D eigenvalue weighted by molar-refractivity contribution is -0.114. The average molecular weight is 310 g/mol.